The van der Waals surface area contributed by atoms with Crippen molar-refractivity contribution in [2.75, 3.05) is 0 Å². The van der Waals surface area contributed by atoms with Crippen LogP contribution < -0.4 is 10.6 Å². The molecule has 2 aliphatic carbocycles. The van der Waals surface area contributed by atoms with Gasteiger partial charge in [-0.05, 0) is 69.6 Å². The first kappa shape index (κ1) is 20.5. The Morgan fingerprint density at radius 3 is 2.34 bits per heavy atom. The molecule has 2 atom stereocenters. The molecule has 3 aromatic rings. The van der Waals surface area contributed by atoms with Crippen molar-refractivity contribution in [2.24, 2.45) is 11.8 Å². The number of amides is 2. The van der Waals surface area contributed by atoms with E-state index in [2.05, 4.69) is 25.8 Å². The molecule has 166 valence electrons. The molecule has 32 heavy (non-hydrogen) atoms. The van der Waals surface area contributed by atoms with Crippen molar-refractivity contribution in [1.82, 2.24) is 25.8 Å². The van der Waals surface area contributed by atoms with E-state index in [4.69, 9.17) is 4.42 Å². The number of aromatic nitrogens is 3. The highest BCUT2D eigenvalue weighted by Crippen LogP contribution is 2.33. The minimum Gasteiger partial charge on any atom is -0.431 e. The molecule has 8 heteroatoms. The highest BCUT2D eigenvalue weighted by molar-refractivity contribution is 5.93. The van der Waals surface area contributed by atoms with Gasteiger partial charge in [0.25, 0.3) is 11.8 Å². The number of hydrogen-bond acceptors (Lipinski definition) is 5. The van der Waals surface area contributed by atoms with E-state index in [-0.39, 0.29) is 29.7 Å². The molecule has 2 unspecified atom stereocenters. The van der Waals surface area contributed by atoms with Crippen LogP contribution in [-0.2, 0) is 0 Å². The molecule has 2 amide bonds. The molecule has 0 aliphatic heterocycles. The predicted molar refractivity (Wildman–Crippen MR) is 119 cm³/mol. The van der Waals surface area contributed by atoms with E-state index in [1.54, 1.807) is 6.07 Å². The first-order valence-electron chi connectivity index (χ1n) is 11.2. The Morgan fingerprint density at radius 2 is 1.66 bits per heavy atom. The molecule has 8 nitrogen and oxygen atoms in total. The first-order chi connectivity index (χ1) is 15.5. The normalized spacial score (nSPS) is 17.6. The van der Waals surface area contributed by atoms with Gasteiger partial charge < -0.3 is 15.1 Å². The van der Waals surface area contributed by atoms with E-state index in [0.29, 0.717) is 29.1 Å². The lowest BCUT2D eigenvalue weighted by Crippen LogP contribution is -2.34. The molecular weight excluding hydrogens is 406 g/mol. The number of aromatic amines is 1. The lowest BCUT2D eigenvalue weighted by molar-refractivity contribution is 0.0906. The van der Waals surface area contributed by atoms with Crippen LogP contribution in [0.5, 0.6) is 0 Å². The van der Waals surface area contributed by atoms with Crippen LogP contribution in [0.1, 0.15) is 60.6 Å². The number of rotatable bonds is 8. The molecule has 2 saturated carbocycles. The summed E-state index contributed by atoms with van der Waals surface area (Å²) < 4.78 is 5.72. The molecule has 2 aromatic heterocycles. The lowest BCUT2D eigenvalue weighted by Gasteiger charge is -2.11. The smallest absolute Gasteiger partial charge is 0.288 e. The monoisotopic (exact) mass is 433 g/mol. The molecule has 1 aromatic carbocycles. The summed E-state index contributed by atoms with van der Waals surface area (Å²) in [5, 5.41) is 13.1. The molecule has 3 N–H and O–H groups in total. The van der Waals surface area contributed by atoms with E-state index < -0.39 is 0 Å². The minimum absolute atomic E-state index is 0.137. The van der Waals surface area contributed by atoms with Gasteiger partial charge >= 0.3 is 0 Å². The van der Waals surface area contributed by atoms with E-state index >= 15 is 0 Å². The largest absolute Gasteiger partial charge is 0.431 e. The molecule has 5 rings (SSSR count). The molecule has 2 fully saturated rings. The molecular formula is C24H27N5O3. The van der Waals surface area contributed by atoms with Crippen molar-refractivity contribution in [3.63, 3.8) is 0 Å². The quantitative estimate of drug-likeness (QED) is 0.500. The summed E-state index contributed by atoms with van der Waals surface area (Å²) >= 11 is 0. The van der Waals surface area contributed by atoms with Gasteiger partial charge in [-0.3, -0.25) is 14.7 Å². The van der Waals surface area contributed by atoms with Crippen molar-refractivity contribution in [2.45, 2.75) is 51.6 Å². The van der Waals surface area contributed by atoms with Crippen molar-refractivity contribution in [3.8, 4) is 22.7 Å². The maximum absolute atomic E-state index is 12.5. The Bertz CT molecular complexity index is 1060. The summed E-state index contributed by atoms with van der Waals surface area (Å²) in [6.07, 6.45) is 6.12. The van der Waals surface area contributed by atoms with Crippen molar-refractivity contribution >= 4 is 11.8 Å². The third-order valence-electron chi connectivity index (χ3n) is 6.33. The molecule has 2 aliphatic rings. The minimum atomic E-state index is -0.248. The fourth-order valence-electron chi connectivity index (χ4n) is 3.90. The Balaban J connectivity index is 1.29. The van der Waals surface area contributed by atoms with Gasteiger partial charge in [-0.25, -0.2) is 4.98 Å². The highest BCUT2D eigenvalue weighted by Gasteiger charge is 2.30. The van der Waals surface area contributed by atoms with E-state index in [1.807, 2.05) is 38.1 Å². The van der Waals surface area contributed by atoms with Crippen molar-refractivity contribution in [3.05, 3.63) is 48.0 Å². The SMILES string of the molecule is CC(NC(=O)c1cc(-c2cccc(-c3ncc(C(=O)NC(C)C4CC4)o3)c2)n[nH]1)C1CC1. The molecule has 2 heterocycles. The van der Waals surface area contributed by atoms with Crippen LogP contribution in [0.25, 0.3) is 22.7 Å². The lowest BCUT2D eigenvalue weighted by atomic mass is 10.1. The standard InChI is InChI=1S/C24H27N5O3/c1-13(15-6-7-15)26-22(30)20-11-19(28-29-20)17-4-3-5-18(10-17)24-25-12-21(32-24)23(31)27-14(2)16-8-9-16/h3-5,10-16H,6-9H2,1-2H3,(H,26,30)(H,27,31)(H,28,29). The van der Waals surface area contributed by atoms with E-state index in [9.17, 15) is 9.59 Å². The van der Waals surface area contributed by atoms with Crippen LogP contribution in [0.4, 0.5) is 0 Å². The van der Waals surface area contributed by atoms with Gasteiger partial charge in [-0.15, -0.1) is 0 Å². The number of benzene rings is 1. The van der Waals surface area contributed by atoms with E-state index in [1.165, 1.54) is 19.0 Å². The molecule has 0 saturated heterocycles. The van der Waals surface area contributed by atoms with Gasteiger partial charge in [-0.1, -0.05) is 12.1 Å². The van der Waals surface area contributed by atoms with Gasteiger partial charge in [0.15, 0.2) is 0 Å². The topological polar surface area (TPSA) is 113 Å². The second-order valence-electron chi connectivity index (χ2n) is 8.98. The number of hydrogen-bond donors (Lipinski definition) is 3. The van der Waals surface area contributed by atoms with Crippen LogP contribution in [0.15, 0.2) is 40.9 Å². The summed E-state index contributed by atoms with van der Waals surface area (Å²) in [7, 11) is 0. The second kappa shape index (κ2) is 8.26. The third-order valence-corrected chi connectivity index (χ3v) is 6.33. The van der Waals surface area contributed by atoms with Gasteiger partial charge in [0.2, 0.25) is 11.7 Å². The summed E-state index contributed by atoms with van der Waals surface area (Å²) in [6.45, 7) is 4.05. The Kier molecular flexibility index (Phi) is 5.28. The van der Waals surface area contributed by atoms with Crippen molar-refractivity contribution < 1.29 is 14.0 Å². The van der Waals surface area contributed by atoms with Crippen LogP contribution in [0.2, 0.25) is 0 Å². The number of oxazole rings is 1. The van der Waals surface area contributed by atoms with Crippen LogP contribution in [0.3, 0.4) is 0 Å². The number of carbonyl (C=O) groups excluding carboxylic acids is 2. The zero-order valence-electron chi connectivity index (χ0n) is 18.2. The summed E-state index contributed by atoms with van der Waals surface area (Å²) in [5.41, 5.74) is 2.63. The molecule has 0 spiro atoms. The van der Waals surface area contributed by atoms with Gasteiger partial charge in [-0.2, -0.15) is 5.10 Å². The number of carbonyl (C=O) groups is 2. The number of H-pyrrole nitrogens is 1. The maximum Gasteiger partial charge on any atom is 0.288 e. The predicted octanol–water partition coefficient (Wildman–Crippen LogP) is 3.79. The Hall–Kier alpha value is -3.42. The maximum atomic E-state index is 12.5. The average molecular weight is 434 g/mol. The number of nitrogens with zero attached hydrogens (tertiary/aromatic N) is 2. The number of nitrogens with one attached hydrogen (secondary N) is 3. The zero-order valence-corrected chi connectivity index (χ0v) is 18.2. The fourth-order valence-corrected chi connectivity index (χ4v) is 3.90. The third kappa shape index (κ3) is 4.44. The Labute approximate surface area is 186 Å². The van der Waals surface area contributed by atoms with Gasteiger partial charge in [0.05, 0.1) is 11.9 Å². The molecule has 0 radical (unpaired) electrons. The molecule has 0 bridgehead atoms. The fraction of sp³-hybridized carbons (Fsp3) is 0.417. The van der Waals surface area contributed by atoms with Gasteiger partial charge in [0, 0.05) is 23.2 Å². The summed E-state index contributed by atoms with van der Waals surface area (Å²) in [5.74, 6) is 1.31. The Morgan fingerprint density at radius 1 is 1.00 bits per heavy atom. The van der Waals surface area contributed by atoms with E-state index in [0.717, 1.165) is 24.0 Å². The van der Waals surface area contributed by atoms with Crippen LogP contribution in [0, 0.1) is 11.8 Å². The summed E-state index contributed by atoms with van der Waals surface area (Å²) in [6, 6.07) is 9.56. The average Bonchev–Trinajstić information content (AvgIpc) is 3.72. The van der Waals surface area contributed by atoms with Crippen molar-refractivity contribution in [1.29, 1.82) is 0 Å². The van der Waals surface area contributed by atoms with Gasteiger partial charge in [0.1, 0.15) is 5.69 Å². The first-order valence-corrected chi connectivity index (χ1v) is 11.2. The van der Waals surface area contributed by atoms with Crippen LogP contribution >= 0.6 is 0 Å². The van der Waals surface area contributed by atoms with Crippen LogP contribution in [-0.4, -0.2) is 39.1 Å². The second-order valence-corrected chi connectivity index (χ2v) is 8.98. The zero-order chi connectivity index (χ0) is 22.2. The summed E-state index contributed by atoms with van der Waals surface area (Å²) in [4.78, 5) is 29.2. The highest BCUT2D eigenvalue weighted by atomic mass is 16.4.